The molecule has 28 heavy (non-hydrogen) atoms. The van der Waals surface area contributed by atoms with Crippen molar-refractivity contribution in [2.24, 2.45) is 0 Å². The van der Waals surface area contributed by atoms with Gasteiger partial charge in [0.1, 0.15) is 0 Å². The van der Waals surface area contributed by atoms with Gasteiger partial charge in [0.2, 0.25) is 0 Å². The summed E-state index contributed by atoms with van der Waals surface area (Å²) in [6.07, 6.45) is 4.71. The van der Waals surface area contributed by atoms with Crippen LogP contribution in [0.2, 0.25) is 0 Å². The molecular formula is C25H22O2S. The normalized spacial score (nSPS) is 16.5. The molecule has 3 aromatic carbocycles. The van der Waals surface area contributed by atoms with E-state index in [1.165, 1.54) is 0 Å². The van der Waals surface area contributed by atoms with Gasteiger partial charge in [-0.3, -0.25) is 4.79 Å². The summed E-state index contributed by atoms with van der Waals surface area (Å²) in [7, 11) is 0. The monoisotopic (exact) mass is 386 g/mol. The fraction of sp³-hybridized carbons (Fsp3) is 0.240. The molecule has 4 aromatic rings. The van der Waals surface area contributed by atoms with E-state index in [9.17, 15) is 9.90 Å². The van der Waals surface area contributed by atoms with Crippen molar-refractivity contribution in [3.05, 3.63) is 82.5 Å². The van der Waals surface area contributed by atoms with Crippen molar-refractivity contribution >= 4 is 31.5 Å². The van der Waals surface area contributed by atoms with Gasteiger partial charge in [0, 0.05) is 25.7 Å². The van der Waals surface area contributed by atoms with Crippen molar-refractivity contribution in [3.8, 4) is 11.1 Å². The number of rotatable bonds is 2. The van der Waals surface area contributed by atoms with Gasteiger partial charge < -0.3 is 5.11 Å². The minimum atomic E-state index is -0.861. The van der Waals surface area contributed by atoms with Crippen molar-refractivity contribution in [1.82, 2.24) is 0 Å². The van der Waals surface area contributed by atoms with Gasteiger partial charge in [-0.1, -0.05) is 67.8 Å². The standard InChI is InChI=1S/C25H22O2S/c26-24-18-11-5-6-12-20(18)28-21-14-13-19(25(27)15-7-2-8-16-25)22(23(21)24)17-9-3-1-4-10-17/h1,3-6,9-14,27H,2,7-8,15-16H2. The summed E-state index contributed by atoms with van der Waals surface area (Å²) < 4.78 is 1.98. The van der Waals surface area contributed by atoms with Gasteiger partial charge in [-0.15, -0.1) is 11.3 Å². The summed E-state index contributed by atoms with van der Waals surface area (Å²) in [5.74, 6) is 0. The third kappa shape index (κ3) is 2.78. The maximum atomic E-state index is 13.5. The zero-order chi connectivity index (χ0) is 19.1. The summed E-state index contributed by atoms with van der Waals surface area (Å²) in [4.78, 5) is 13.5. The molecule has 0 amide bonds. The van der Waals surface area contributed by atoms with Crippen molar-refractivity contribution < 1.29 is 5.11 Å². The topological polar surface area (TPSA) is 37.3 Å². The Kier molecular flexibility index (Phi) is 4.30. The summed E-state index contributed by atoms with van der Waals surface area (Å²) >= 11 is 1.65. The summed E-state index contributed by atoms with van der Waals surface area (Å²) in [5, 5.41) is 13.0. The molecule has 1 fully saturated rings. The minimum Gasteiger partial charge on any atom is -0.385 e. The van der Waals surface area contributed by atoms with Crippen LogP contribution < -0.4 is 5.43 Å². The quantitative estimate of drug-likeness (QED) is 0.414. The Hall–Kier alpha value is -2.49. The molecule has 0 atom stereocenters. The molecule has 1 aliphatic carbocycles. The van der Waals surface area contributed by atoms with E-state index in [-0.39, 0.29) is 5.43 Å². The van der Waals surface area contributed by atoms with Gasteiger partial charge in [0.05, 0.1) is 5.60 Å². The summed E-state index contributed by atoms with van der Waals surface area (Å²) in [6.45, 7) is 0. The van der Waals surface area contributed by atoms with E-state index in [1.54, 1.807) is 11.3 Å². The lowest BCUT2D eigenvalue weighted by Gasteiger charge is -2.34. The van der Waals surface area contributed by atoms with Gasteiger partial charge in [-0.05, 0) is 42.2 Å². The van der Waals surface area contributed by atoms with Crippen LogP contribution in [0.4, 0.5) is 0 Å². The van der Waals surface area contributed by atoms with Crippen LogP contribution in [0.1, 0.15) is 37.7 Å². The number of fused-ring (bicyclic) bond motifs is 2. The van der Waals surface area contributed by atoms with Gasteiger partial charge in [-0.2, -0.15) is 0 Å². The molecule has 5 rings (SSSR count). The Labute approximate surface area is 168 Å². The second-order valence-corrected chi connectivity index (χ2v) is 8.83. The Morgan fingerprint density at radius 3 is 2.29 bits per heavy atom. The average molecular weight is 387 g/mol. The second kappa shape index (κ2) is 6.84. The van der Waals surface area contributed by atoms with E-state index in [2.05, 4.69) is 6.07 Å². The number of aliphatic hydroxyl groups is 1. The van der Waals surface area contributed by atoms with Crippen molar-refractivity contribution in [1.29, 1.82) is 0 Å². The highest BCUT2D eigenvalue weighted by Gasteiger charge is 2.34. The lowest BCUT2D eigenvalue weighted by Crippen LogP contribution is -2.29. The fourth-order valence-corrected chi connectivity index (χ4v) is 5.68. The largest absolute Gasteiger partial charge is 0.385 e. The molecule has 0 bridgehead atoms. The van der Waals surface area contributed by atoms with E-state index in [0.29, 0.717) is 0 Å². The molecule has 0 unspecified atom stereocenters. The first-order valence-electron chi connectivity index (χ1n) is 9.94. The maximum absolute atomic E-state index is 13.5. The van der Waals surface area contributed by atoms with Gasteiger partial charge >= 0.3 is 0 Å². The van der Waals surface area contributed by atoms with E-state index in [1.807, 2.05) is 60.7 Å². The first-order chi connectivity index (χ1) is 13.7. The third-order valence-electron chi connectivity index (χ3n) is 5.99. The average Bonchev–Trinajstić information content (AvgIpc) is 2.74. The Balaban J connectivity index is 1.92. The van der Waals surface area contributed by atoms with Crippen LogP contribution >= 0.6 is 11.3 Å². The van der Waals surface area contributed by atoms with E-state index < -0.39 is 5.60 Å². The smallest absolute Gasteiger partial charge is 0.196 e. The third-order valence-corrected chi connectivity index (χ3v) is 7.13. The predicted molar refractivity (Wildman–Crippen MR) is 118 cm³/mol. The van der Waals surface area contributed by atoms with Crippen LogP contribution in [-0.2, 0) is 5.60 Å². The zero-order valence-corrected chi connectivity index (χ0v) is 16.5. The molecule has 3 heteroatoms. The van der Waals surface area contributed by atoms with Crippen LogP contribution in [0, 0.1) is 0 Å². The zero-order valence-electron chi connectivity index (χ0n) is 15.7. The molecule has 2 nitrogen and oxygen atoms in total. The molecule has 1 aromatic heterocycles. The van der Waals surface area contributed by atoms with E-state index in [0.717, 1.165) is 69.0 Å². The van der Waals surface area contributed by atoms with Gasteiger partial charge in [-0.25, -0.2) is 0 Å². The lowest BCUT2D eigenvalue weighted by molar-refractivity contribution is 0.00000590. The Morgan fingerprint density at radius 1 is 0.786 bits per heavy atom. The van der Waals surface area contributed by atoms with Gasteiger partial charge in [0.25, 0.3) is 0 Å². The van der Waals surface area contributed by atoms with Crippen molar-refractivity contribution in [3.63, 3.8) is 0 Å². The molecule has 0 spiro atoms. The SMILES string of the molecule is O=c1c2ccccc2sc2ccc(C3(O)CCCCC3)c(-c3ccccc3)c12. The molecule has 1 aliphatic rings. The van der Waals surface area contributed by atoms with Crippen LogP contribution in [0.15, 0.2) is 71.5 Å². The Bertz CT molecular complexity index is 1220. The molecular weight excluding hydrogens is 364 g/mol. The lowest BCUT2D eigenvalue weighted by atomic mass is 9.76. The number of benzene rings is 3. The summed E-state index contributed by atoms with van der Waals surface area (Å²) in [5.41, 5.74) is 2.02. The number of hydrogen-bond acceptors (Lipinski definition) is 3. The molecule has 140 valence electrons. The Morgan fingerprint density at radius 2 is 1.50 bits per heavy atom. The second-order valence-electron chi connectivity index (χ2n) is 7.75. The first kappa shape index (κ1) is 17.6. The predicted octanol–water partition coefficient (Wildman–Crippen LogP) is 6.23. The number of hydrogen-bond donors (Lipinski definition) is 1. The molecule has 0 aliphatic heterocycles. The van der Waals surface area contributed by atoms with Crippen LogP contribution in [-0.4, -0.2) is 5.11 Å². The molecule has 0 saturated heterocycles. The van der Waals surface area contributed by atoms with E-state index >= 15 is 0 Å². The fourth-order valence-electron chi connectivity index (χ4n) is 4.59. The molecule has 1 N–H and O–H groups in total. The molecule has 1 heterocycles. The van der Waals surface area contributed by atoms with Crippen LogP contribution in [0.25, 0.3) is 31.3 Å². The summed E-state index contributed by atoms with van der Waals surface area (Å²) in [6, 6.07) is 22.0. The molecule has 1 saturated carbocycles. The highest BCUT2D eigenvalue weighted by atomic mass is 32.1. The maximum Gasteiger partial charge on any atom is 0.196 e. The van der Waals surface area contributed by atoms with Crippen molar-refractivity contribution in [2.45, 2.75) is 37.7 Å². The highest BCUT2D eigenvalue weighted by molar-refractivity contribution is 7.24. The highest BCUT2D eigenvalue weighted by Crippen LogP contribution is 2.44. The van der Waals surface area contributed by atoms with Crippen LogP contribution in [0.3, 0.4) is 0 Å². The van der Waals surface area contributed by atoms with Crippen LogP contribution in [0.5, 0.6) is 0 Å². The van der Waals surface area contributed by atoms with Crippen molar-refractivity contribution in [2.75, 3.05) is 0 Å². The van der Waals surface area contributed by atoms with E-state index in [4.69, 9.17) is 0 Å². The minimum absolute atomic E-state index is 0.0597. The van der Waals surface area contributed by atoms with Gasteiger partial charge in [0.15, 0.2) is 5.43 Å². The first-order valence-corrected chi connectivity index (χ1v) is 10.8. The molecule has 0 radical (unpaired) electrons.